The topological polar surface area (TPSA) is 121 Å². The van der Waals surface area contributed by atoms with Crippen molar-refractivity contribution in [2.75, 3.05) is 13.2 Å². The van der Waals surface area contributed by atoms with Gasteiger partial charge in [-0.3, -0.25) is 14.4 Å². The molecule has 3 aromatic rings. The maximum atomic E-state index is 14.2. The molecular weight excluding hydrogens is 555 g/mol. The number of ether oxygens (including phenoxy) is 1. The first-order valence-corrected chi connectivity index (χ1v) is 13.6. The number of carbonyl (C=O) groups excluding carboxylic acids is 2. The number of aliphatic hydroxyl groups is 2. The first kappa shape index (κ1) is 29.3. The number of nitrogens with one attached hydrogen (secondary N) is 1. The number of hydrogen-bond donors (Lipinski definition) is 3. The molecule has 5 rings (SSSR count). The molecule has 3 heterocycles. The van der Waals surface area contributed by atoms with Crippen molar-refractivity contribution in [2.24, 2.45) is 0 Å². The van der Waals surface area contributed by atoms with Gasteiger partial charge in [0.2, 0.25) is 5.43 Å². The molecule has 0 aliphatic carbocycles. The summed E-state index contributed by atoms with van der Waals surface area (Å²) in [5.74, 6) is -5.51. The number of nitrogens with zero attached hydrogens (tertiary/aromatic N) is 2. The summed E-state index contributed by atoms with van der Waals surface area (Å²) in [5, 5.41) is 23.7. The Labute approximate surface area is 239 Å². The molecule has 9 nitrogen and oxygen atoms in total. The zero-order chi connectivity index (χ0) is 30.2. The quantitative estimate of drug-likeness (QED) is 0.374. The second-order valence-corrected chi connectivity index (χ2v) is 10.7. The molecule has 1 aromatic heterocycles. The molecule has 1 fully saturated rings. The van der Waals surface area contributed by atoms with Crippen molar-refractivity contribution in [1.82, 2.24) is 14.8 Å². The van der Waals surface area contributed by atoms with Crippen LogP contribution in [0, 0.1) is 17.5 Å². The number of hydrogen-bond acceptors (Lipinski definition) is 6. The van der Waals surface area contributed by atoms with Gasteiger partial charge in [-0.15, -0.1) is 0 Å². The fraction of sp³-hybridized carbons (Fsp3) is 0.367. The lowest BCUT2D eigenvalue weighted by atomic mass is 9.85. The van der Waals surface area contributed by atoms with Crippen molar-refractivity contribution in [1.29, 1.82) is 0 Å². The van der Waals surface area contributed by atoms with Crippen LogP contribution in [0.2, 0.25) is 0 Å². The highest BCUT2D eigenvalue weighted by atomic mass is 19.1. The average molecular weight is 586 g/mol. The summed E-state index contributed by atoms with van der Waals surface area (Å²) in [6.07, 6.45) is 1.78. The number of rotatable bonds is 8. The summed E-state index contributed by atoms with van der Waals surface area (Å²) in [4.78, 5) is 42.4. The van der Waals surface area contributed by atoms with Gasteiger partial charge in [0.05, 0.1) is 11.6 Å². The smallest absolute Gasteiger partial charge is 0.274 e. The molecule has 2 aromatic carbocycles. The number of halogens is 3. The molecule has 0 saturated carbocycles. The van der Waals surface area contributed by atoms with Gasteiger partial charge in [0.25, 0.3) is 11.8 Å². The van der Waals surface area contributed by atoms with E-state index < -0.39 is 69.8 Å². The minimum atomic E-state index is -1.49. The number of benzene rings is 2. The highest BCUT2D eigenvalue weighted by Gasteiger charge is 2.49. The molecule has 2 aliphatic heterocycles. The van der Waals surface area contributed by atoms with Crippen LogP contribution in [0.15, 0.2) is 53.5 Å². The number of amides is 2. The zero-order valence-electron chi connectivity index (χ0n) is 22.8. The third-order valence-electron chi connectivity index (χ3n) is 8.06. The van der Waals surface area contributed by atoms with Gasteiger partial charge in [-0.25, -0.2) is 13.2 Å². The van der Waals surface area contributed by atoms with E-state index in [1.807, 2.05) is 6.92 Å². The van der Waals surface area contributed by atoms with Crippen LogP contribution in [0.5, 0.6) is 5.75 Å². The van der Waals surface area contributed by atoms with Crippen LogP contribution in [0.1, 0.15) is 64.2 Å². The minimum absolute atomic E-state index is 0.0250. The number of pyridine rings is 1. The van der Waals surface area contributed by atoms with E-state index in [0.717, 1.165) is 6.20 Å². The predicted molar refractivity (Wildman–Crippen MR) is 144 cm³/mol. The fourth-order valence-electron chi connectivity index (χ4n) is 5.66. The first-order valence-electron chi connectivity index (χ1n) is 13.6. The number of aromatic nitrogens is 1. The Hall–Kier alpha value is -4.16. The van der Waals surface area contributed by atoms with E-state index in [1.54, 1.807) is 35.2 Å². The lowest BCUT2D eigenvalue weighted by Crippen LogP contribution is -2.52. The first-order chi connectivity index (χ1) is 20.0. The number of carbonyl (C=O) groups is 2. The summed E-state index contributed by atoms with van der Waals surface area (Å²) >= 11 is 0. The molecule has 1 saturated heterocycles. The molecule has 42 heavy (non-hydrogen) atoms. The SMILES string of the molecule is CC1CC[C@@](O)(CCO)[C@H]2CN1C(=O)c1c(OCc3ccccc3)c(=O)c(C(=O)NCc3c(F)cc(F)cc3F)cn12. The van der Waals surface area contributed by atoms with Crippen molar-refractivity contribution in [3.05, 3.63) is 98.7 Å². The van der Waals surface area contributed by atoms with E-state index in [9.17, 15) is 37.8 Å². The molecule has 2 amide bonds. The van der Waals surface area contributed by atoms with Crippen LogP contribution >= 0.6 is 0 Å². The van der Waals surface area contributed by atoms with Gasteiger partial charge in [-0.05, 0) is 25.3 Å². The minimum Gasteiger partial charge on any atom is -0.483 e. The Morgan fingerprint density at radius 1 is 1.14 bits per heavy atom. The molecule has 1 unspecified atom stereocenters. The van der Waals surface area contributed by atoms with Crippen LogP contribution in [-0.2, 0) is 13.2 Å². The summed E-state index contributed by atoms with van der Waals surface area (Å²) < 4.78 is 49.0. The summed E-state index contributed by atoms with van der Waals surface area (Å²) in [6, 6.07) is 8.63. The monoisotopic (exact) mass is 585 g/mol. The van der Waals surface area contributed by atoms with Crippen LogP contribution < -0.4 is 15.5 Å². The van der Waals surface area contributed by atoms with E-state index in [4.69, 9.17) is 4.74 Å². The third kappa shape index (κ3) is 5.39. The largest absolute Gasteiger partial charge is 0.483 e. The van der Waals surface area contributed by atoms with Crippen molar-refractivity contribution >= 4 is 11.8 Å². The summed E-state index contributed by atoms with van der Waals surface area (Å²) in [6.45, 7) is 0.726. The maximum absolute atomic E-state index is 14.2. The van der Waals surface area contributed by atoms with Gasteiger partial charge >= 0.3 is 0 Å². The average Bonchev–Trinajstić information content (AvgIpc) is 3.06. The van der Waals surface area contributed by atoms with E-state index in [2.05, 4.69) is 5.32 Å². The van der Waals surface area contributed by atoms with E-state index in [0.29, 0.717) is 24.1 Å². The molecule has 3 N–H and O–H groups in total. The standard InChI is InChI=1S/C30H30F3N3O6/c1-17-7-8-30(41,9-10-37)24-15-35(17)29(40)25-27(42-16-18-5-3-2-4-6-18)26(38)21(14-36(24)25)28(39)34-13-20-22(32)11-19(31)12-23(20)33/h2-6,11-12,14,17,24,37,41H,7-10,13,15-16H2,1H3,(H,34,39)/t17?,24-,30-/m1/s1. The second kappa shape index (κ2) is 11.6. The Bertz CT molecular complexity index is 1560. The van der Waals surface area contributed by atoms with Gasteiger partial charge in [-0.2, -0.15) is 0 Å². The Balaban J connectivity index is 1.61. The molecule has 2 aliphatic rings. The lowest BCUT2D eigenvalue weighted by Gasteiger charge is -2.42. The fourth-order valence-corrected chi connectivity index (χ4v) is 5.66. The normalized spacial score (nSPS) is 21.5. The summed E-state index contributed by atoms with van der Waals surface area (Å²) in [5.41, 5.74) is -2.99. The molecule has 0 spiro atoms. The Morgan fingerprint density at radius 2 is 1.83 bits per heavy atom. The molecule has 2 bridgehead atoms. The Morgan fingerprint density at radius 3 is 2.50 bits per heavy atom. The van der Waals surface area contributed by atoms with Crippen molar-refractivity contribution < 1.29 is 37.7 Å². The molecule has 3 atom stereocenters. The van der Waals surface area contributed by atoms with Gasteiger partial charge in [0, 0.05) is 56.1 Å². The van der Waals surface area contributed by atoms with Gasteiger partial charge in [0.15, 0.2) is 11.4 Å². The Kier molecular flexibility index (Phi) is 8.11. The third-order valence-corrected chi connectivity index (χ3v) is 8.06. The number of fused-ring (bicyclic) bond motifs is 4. The van der Waals surface area contributed by atoms with Crippen molar-refractivity contribution in [2.45, 2.75) is 57.0 Å². The number of aliphatic hydroxyl groups excluding tert-OH is 1. The van der Waals surface area contributed by atoms with Crippen LogP contribution in [-0.4, -0.2) is 56.3 Å². The highest BCUT2D eigenvalue weighted by molar-refractivity contribution is 5.99. The zero-order valence-corrected chi connectivity index (χ0v) is 22.8. The van der Waals surface area contributed by atoms with Crippen LogP contribution in [0.3, 0.4) is 0 Å². The van der Waals surface area contributed by atoms with Crippen LogP contribution in [0.25, 0.3) is 0 Å². The lowest BCUT2D eigenvalue weighted by molar-refractivity contribution is -0.0409. The van der Waals surface area contributed by atoms with Gasteiger partial charge in [-0.1, -0.05) is 30.3 Å². The van der Waals surface area contributed by atoms with Crippen molar-refractivity contribution in [3.8, 4) is 5.75 Å². The second-order valence-electron chi connectivity index (χ2n) is 10.7. The molecular formula is C30H30F3N3O6. The highest BCUT2D eigenvalue weighted by Crippen LogP contribution is 2.41. The molecule has 12 heteroatoms. The van der Waals surface area contributed by atoms with Gasteiger partial charge < -0.3 is 29.7 Å². The van der Waals surface area contributed by atoms with E-state index >= 15 is 0 Å². The maximum Gasteiger partial charge on any atom is 0.274 e. The molecule has 222 valence electrons. The van der Waals surface area contributed by atoms with E-state index in [-0.39, 0.29) is 44.3 Å². The van der Waals surface area contributed by atoms with Gasteiger partial charge in [0.1, 0.15) is 29.6 Å². The molecule has 0 radical (unpaired) electrons. The van der Waals surface area contributed by atoms with Crippen molar-refractivity contribution in [3.63, 3.8) is 0 Å². The summed E-state index contributed by atoms with van der Waals surface area (Å²) in [7, 11) is 0. The van der Waals surface area contributed by atoms with E-state index in [1.165, 1.54) is 4.57 Å². The van der Waals surface area contributed by atoms with Crippen LogP contribution in [0.4, 0.5) is 13.2 Å². The predicted octanol–water partition coefficient (Wildman–Crippen LogP) is 3.07.